The molecular formula is C18H29FN4O2S. The lowest BCUT2D eigenvalue weighted by Crippen LogP contribution is -2.45. The second-order valence-electron chi connectivity index (χ2n) is 7.16. The van der Waals surface area contributed by atoms with Gasteiger partial charge in [0.05, 0.1) is 5.75 Å². The molecule has 1 aromatic carbocycles. The highest BCUT2D eigenvalue weighted by atomic mass is 32.2. The van der Waals surface area contributed by atoms with E-state index >= 15 is 0 Å². The van der Waals surface area contributed by atoms with Crippen molar-refractivity contribution in [2.24, 2.45) is 10.9 Å². The fraction of sp³-hybridized carbons (Fsp3) is 0.611. The number of guanidine groups is 1. The van der Waals surface area contributed by atoms with Crippen LogP contribution < -0.4 is 10.6 Å². The topological polar surface area (TPSA) is 73.8 Å². The smallest absolute Gasteiger partial charge is 0.191 e. The summed E-state index contributed by atoms with van der Waals surface area (Å²) < 4.78 is 36.8. The molecule has 0 amide bonds. The Labute approximate surface area is 155 Å². The summed E-state index contributed by atoms with van der Waals surface area (Å²) in [5, 5.41) is 6.46. The molecule has 1 saturated carbocycles. The molecule has 0 spiro atoms. The number of nitrogens with one attached hydrogen (secondary N) is 2. The molecule has 0 aromatic heterocycles. The third-order valence-corrected chi connectivity index (χ3v) is 5.40. The molecule has 0 aliphatic heterocycles. The molecule has 146 valence electrons. The van der Waals surface area contributed by atoms with Crippen molar-refractivity contribution in [1.29, 1.82) is 0 Å². The van der Waals surface area contributed by atoms with Crippen molar-refractivity contribution in [3.8, 4) is 0 Å². The van der Waals surface area contributed by atoms with Crippen molar-refractivity contribution >= 4 is 15.8 Å². The van der Waals surface area contributed by atoms with Gasteiger partial charge < -0.3 is 15.5 Å². The van der Waals surface area contributed by atoms with Crippen molar-refractivity contribution in [1.82, 2.24) is 15.5 Å². The Hall–Kier alpha value is -1.67. The van der Waals surface area contributed by atoms with Crippen LogP contribution in [0.4, 0.5) is 4.39 Å². The molecule has 1 aliphatic carbocycles. The summed E-state index contributed by atoms with van der Waals surface area (Å²) in [5.74, 6) is 0.844. The van der Waals surface area contributed by atoms with Crippen LogP contribution in [0.1, 0.15) is 24.0 Å². The number of hydrogen-bond acceptors (Lipinski definition) is 4. The SMILES string of the molecule is CN=C(NCc1cc(F)ccc1CS(C)(=O)=O)NCC(C1CC1)N(C)C. The molecule has 8 heteroatoms. The highest BCUT2D eigenvalue weighted by Crippen LogP contribution is 2.34. The van der Waals surface area contributed by atoms with Crippen molar-refractivity contribution in [3.63, 3.8) is 0 Å². The fourth-order valence-corrected chi connectivity index (χ4v) is 3.88. The highest BCUT2D eigenvalue weighted by molar-refractivity contribution is 7.89. The lowest BCUT2D eigenvalue weighted by Gasteiger charge is -2.25. The molecule has 0 saturated heterocycles. The second kappa shape index (κ2) is 8.81. The predicted molar refractivity (Wildman–Crippen MR) is 103 cm³/mol. The molecule has 6 nitrogen and oxygen atoms in total. The van der Waals surface area contributed by atoms with Gasteiger partial charge in [0.25, 0.3) is 0 Å². The summed E-state index contributed by atoms with van der Waals surface area (Å²) in [7, 11) is 2.64. The Bertz CT molecular complexity index is 744. The molecule has 0 radical (unpaired) electrons. The first kappa shape index (κ1) is 20.6. The van der Waals surface area contributed by atoms with Crippen LogP contribution in [-0.2, 0) is 22.1 Å². The summed E-state index contributed by atoms with van der Waals surface area (Å²) in [4.78, 5) is 6.42. The maximum atomic E-state index is 13.6. The van der Waals surface area contributed by atoms with E-state index in [1.165, 1.54) is 37.3 Å². The zero-order chi connectivity index (χ0) is 19.3. The van der Waals surface area contributed by atoms with Crippen LogP contribution in [0.5, 0.6) is 0 Å². The van der Waals surface area contributed by atoms with Gasteiger partial charge in [0.15, 0.2) is 15.8 Å². The Kier molecular flexibility index (Phi) is 7.00. The molecule has 1 aliphatic rings. The molecule has 2 rings (SSSR count). The van der Waals surface area contributed by atoms with E-state index < -0.39 is 9.84 Å². The molecule has 2 N–H and O–H groups in total. The van der Waals surface area contributed by atoms with E-state index in [0.29, 0.717) is 29.7 Å². The average Bonchev–Trinajstić information content (AvgIpc) is 3.36. The molecule has 1 atom stereocenters. The van der Waals surface area contributed by atoms with Crippen LogP contribution in [0.15, 0.2) is 23.2 Å². The number of likely N-dealkylation sites (N-methyl/N-ethyl adjacent to an activating group) is 1. The first-order chi connectivity index (χ1) is 12.2. The summed E-state index contributed by atoms with van der Waals surface area (Å²) in [6, 6.07) is 4.63. The molecule has 1 aromatic rings. The van der Waals surface area contributed by atoms with Gasteiger partial charge in [-0.2, -0.15) is 0 Å². The monoisotopic (exact) mass is 384 g/mol. The molecule has 1 fully saturated rings. The fourth-order valence-electron chi connectivity index (χ4n) is 3.04. The van der Waals surface area contributed by atoms with E-state index in [9.17, 15) is 12.8 Å². The third-order valence-electron chi connectivity index (χ3n) is 4.56. The van der Waals surface area contributed by atoms with Gasteiger partial charge in [0.1, 0.15) is 5.82 Å². The van der Waals surface area contributed by atoms with Crippen LogP contribution in [0.3, 0.4) is 0 Å². The van der Waals surface area contributed by atoms with E-state index in [4.69, 9.17) is 0 Å². The van der Waals surface area contributed by atoms with Crippen molar-refractivity contribution in [3.05, 3.63) is 35.1 Å². The molecule has 26 heavy (non-hydrogen) atoms. The minimum atomic E-state index is -3.19. The summed E-state index contributed by atoms with van der Waals surface area (Å²) in [5.41, 5.74) is 1.21. The van der Waals surface area contributed by atoms with E-state index in [0.717, 1.165) is 12.5 Å². The standard InChI is InChI=1S/C18H29FN4O2S/c1-20-18(22-11-17(23(2)3)13-5-6-13)21-10-15-9-16(19)8-7-14(15)12-26(4,24)25/h7-9,13,17H,5-6,10-12H2,1-4H3,(H2,20,21,22). The largest absolute Gasteiger partial charge is 0.355 e. The first-order valence-corrected chi connectivity index (χ1v) is 10.8. The third kappa shape index (κ3) is 6.57. The number of aliphatic imine (C=N–C) groups is 1. The summed E-state index contributed by atoms with van der Waals surface area (Å²) in [6.45, 7) is 1.08. The number of rotatable bonds is 8. The molecule has 1 unspecified atom stereocenters. The molecule has 0 heterocycles. The van der Waals surface area contributed by atoms with Crippen LogP contribution in [-0.4, -0.2) is 59.3 Å². The maximum Gasteiger partial charge on any atom is 0.191 e. The van der Waals surface area contributed by atoms with E-state index in [1.54, 1.807) is 7.05 Å². The minimum absolute atomic E-state index is 0.110. The van der Waals surface area contributed by atoms with Gasteiger partial charge >= 0.3 is 0 Å². The zero-order valence-corrected chi connectivity index (χ0v) is 16.7. The molecular weight excluding hydrogens is 355 g/mol. The summed E-state index contributed by atoms with van der Waals surface area (Å²) >= 11 is 0. The van der Waals surface area contributed by atoms with Crippen molar-refractivity contribution in [2.75, 3.05) is 33.9 Å². The van der Waals surface area contributed by atoms with E-state index in [-0.39, 0.29) is 11.6 Å². The normalized spacial score (nSPS) is 16.6. The summed E-state index contributed by atoms with van der Waals surface area (Å²) in [6.07, 6.45) is 3.69. The Balaban J connectivity index is 1.98. The Morgan fingerprint density at radius 1 is 1.31 bits per heavy atom. The van der Waals surface area contributed by atoms with Gasteiger partial charge in [-0.15, -0.1) is 0 Å². The lowest BCUT2D eigenvalue weighted by molar-refractivity contribution is 0.264. The predicted octanol–water partition coefficient (Wildman–Crippen LogP) is 1.38. The van der Waals surface area contributed by atoms with E-state index in [2.05, 4.69) is 34.6 Å². The first-order valence-electron chi connectivity index (χ1n) is 8.75. The second-order valence-corrected chi connectivity index (χ2v) is 9.30. The zero-order valence-electron chi connectivity index (χ0n) is 15.9. The maximum absolute atomic E-state index is 13.6. The van der Waals surface area contributed by atoms with Gasteiger partial charge in [-0.1, -0.05) is 6.07 Å². The number of hydrogen-bond donors (Lipinski definition) is 2. The van der Waals surface area contributed by atoms with Crippen LogP contribution >= 0.6 is 0 Å². The highest BCUT2D eigenvalue weighted by Gasteiger charge is 2.32. The number of halogens is 1. The van der Waals surface area contributed by atoms with Crippen LogP contribution in [0.2, 0.25) is 0 Å². The van der Waals surface area contributed by atoms with Crippen molar-refractivity contribution < 1.29 is 12.8 Å². The van der Waals surface area contributed by atoms with Gasteiger partial charge in [0, 0.05) is 32.4 Å². The molecule has 0 bridgehead atoms. The van der Waals surface area contributed by atoms with Gasteiger partial charge in [-0.05, 0) is 56.1 Å². The van der Waals surface area contributed by atoms with Gasteiger partial charge in [-0.3, -0.25) is 4.99 Å². The van der Waals surface area contributed by atoms with Crippen LogP contribution in [0.25, 0.3) is 0 Å². The number of benzene rings is 1. The number of sulfone groups is 1. The van der Waals surface area contributed by atoms with Gasteiger partial charge in [0.2, 0.25) is 0 Å². The van der Waals surface area contributed by atoms with E-state index in [1.807, 2.05) is 0 Å². The van der Waals surface area contributed by atoms with Gasteiger partial charge in [-0.25, -0.2) is 12.8 Å². The van der Waals surface area contributed by atoms with Crippen LogP contribution in [0, 0.1) is 11.7 Å². The lowest BCUT2D eigenvalue weighted by atomic mass is 10.1. The minimum Gasteiger partial charge on any atom is -0.355 e. The van der Waals surface area contributed by atoms with Crippen molar-refractivity contribution in [2.45, 2.75) is 31.2 Å². The Morgan fingerprint density at radius 2 is 2.00 bits per heavy atom. The Morgan fingerprint density at radius 3 is 2.54 bits per heavy atom. The quantitative estimate of drug-likeness (QED) is 0.523. The average molecular weight is 385 g/mol. The number of nitrogens with zero attached hydrogens (tertiary/aromatic N) is 2.